The van der Waals surface area contributed by atoms with Crippen LogP contribution in [0, 0.1) is 18.3 Å². The molecule has 0 bridgehead atoms. The Morgan fingerprint density at radius 2 is 2.13 bits per heavy atom. The molecule has 0 unspecified atom stereocenters. The van der Waals surface area contributed by atoms with Crippen LogP contribution in [0.25, 0.3) is 0 Å². The number of thioether (sulfide) groups is 1. The third-order valence-electron chi connectivity index (χ3n) is 4.91. The predicted molar refractivity (Wildman–Crippen MR) is 116 cm³/mol. The van der Waals surface area contributed by atoms with Gasteiger partial charge in [0, 0.05) is 23.6 Å². The molecular weight excluding hydrogens is 414 g/mol. The molecule has 0 saturated carbocycles. The van der Waals surface area contributed by atoms with Crippen LogP contribution < -0.4 is 20.8 Å². The van der Waals surface area contributed by atoms with Crippen molar-refractivity contribution in [3.05, 3.63) is 93.0 Å². The molecule has 156 valence electrons. The van der Waals surface area contributed by atoms with Gasteiger partial charge in [0.2, 0.25) is 5.88 Å². The number of aromatic nitrogens is 1. The predicted octanol–water partition coefficient (Wildman–Crippen LogP) is 3.86. The number of rotatable bonds is 5. The number of allylic oxidation sites excluding steroid dienone is 1. The van der Waals surface area contributed by atoms with Crippen molar-refractivity contribution in [2.24, 2.45) is 5.73 Å². The second-order valence-corrected chi connectivity index (χ2v) is 7.87. The van der Waals surface area contributed by atoms with E-state index in [9.17, 15) is 10.1 Å². The highest BCUT2D eigenvalue weighted by molar-refractivity contribution is 7.98. The zero-order valence-electron chi connectivity index (χ0n) is 16.9. The van der Waals surface area contributed by atoms with E-state index in [1.807, 2.05) is 36.4 Å². The van der Waals surface area contributed by atoms with Gasteiger partial charge in [-0.3, -0.25) is 0 Å². The summed E-state index contributed by atoms with van der Waals surface area (Å²) in [5.74, 6) is 1.27. The molecule has 3 heterocycles. The minimum Gasteiger partial charge on any atom is -0.496 e. The van der Waals surface area contributed by atoms with Gasteiger partial charge in [-0.25, -0.2) is 9.78 Å². The summed E-state index contributed by atoms with van der Waals surface area (Å²) in [6.07, 6.45) is 1.74. The van der Waals surface area contributed by atoms with Crippen LogP contribution in [0.4, 0.5) is 0 Å². The van der Waals surface area contributed by atoms with Crippen LogP contribution in [-0.2, 0) is 5.75 Å². The van der Waals surface area contributed by atoms with Gasteiger partial charge in [-0.05, 0) is 30.7 Å². The average molecular weight is 433 g/mol. The van der Waals surface area contributed by atoms with Crippen LogP contribution in [-0.4, -0.2) is 12.1 Å². The van der Waals surface area contributed by atoms with E-state index in [1.54, 1.807) is 38.1 Å². The first-order valence-corrected chi connectivity index (χ1v) is 10.4. The summed E-state index contributed by atoms with van der Waals surface area (Å²) in [4.78, 5) is 17.0. The molecule has 2 aromatic heterocycles. The number of methoxy groups -OCH3 is 1. The van der Waals surface area contributed by atoms with Crippen LogP contribution in [0.2, 0.25) is 0 Å². The summed E-state index contributed by atoms with van der Waals surface area (Å²) in [6.45, 7) is 1.65. The normalized spacial score (nSPS) is 15.1. The smallest absolute Gasteiger partial charge is 0.343 e. The lowest BCUT2D eigenvalue weighted by Crippen LogP contribution is -2.26. The highest BCUT2D eigenvalue weighted by Crippen LogP contribution is 2.42. The van der Waals surface area contributed by atoms with Gasteiger partial charge in [-0.15, -0.1) is 11.8 Å². The van der Waals surface area contributed by atoms with Gasteiger partial charge in [0.05, 0.1) is 23.6 Å². The Bertz CT molecular complexity index is 1260. The highest BCUT2D eigenvalue weighted by atomic mass is 32.2. The molecule has 3 aromatic rings. The van der Waals surface area contributed by atoms with E-state index in [2.05, 4.69) is 11.1 Å². The van der Waals surface area contributed by atoms with Gasteiger partial charge in [-0.1, -0.05) is 18.2 Å². The molecule has 0 saturated heterocycles. The van der Waals surface area contributed by atoms with Crippen molar-refractivity contribution in [1.29, 1.82) is 5.26 Å². The molecule has 2 N–H and O–H groups in total. The number of hydrogen-bond donors (Lipinski definition) is 1. The maximum absolute atomic E-state index is 12.7. The molecule has 0 radical (unpaired) electrons. The van der Waals surface area contributed by atoms with Crippen LogP contribution in [0.3, 0.4) is 0 Å². The minimum atomic E-state index is -0.699. The average Bonchev–Trinajstić information content (AvgIpc) is 2.77. The fourth-order valence-electron chi connectivity index (χ4n) is 3.53. The second-order valence-electron chi connectivity index (χ2n) is 6.88. The highest BCUT2D eigenvalue weighted by Gasteiger charge is 2.34. The Hall–Kier alpha value is -3.70. The third kappa shape index (κ3) is 4.00. The van der Waals surface area contributed by atoms with Crippen molar-refractivity contribution < 1.29 is 13.9 Å². The molecule has 31 heavy (non-hydrogen) atoms. The molecule has 0 spiro atoms. The van der Waals surface area contributed by atoms with Crippen molar-refractivity contribution in [3.8, 4) is 17.6 Å². The lowest BCUT2D eigenvalue weighted by atomic mass is 9.84. The summed E-state index contributed by atoms with van der Waals surface area (Å²) >= 11 is 1.56. The van der Waals surface area contributed by atoms with Crippen molar-refractivity contribution in [2.75, 3.05) is 7.11 Å². The van der Waals surface area contributed by atoms with Gasteiger partial charge in [-0.2, -0.15) is 5.26 Å². The standard InChI is InChI=1S/C23H19N3O4S/c1-13-9-18-21(23(27)29-13)20(16(11-24)22(25)30-18)14-6-7-17(28-2)15(10-14)12-31-19-5-3-4-8-26-19/h3-10,20H,12,25H2,1-2H3/t20-/m0/s1. The van der Waals surface area contributed by atoms with E-state index in [-0.39, 0.29) is 17.0 Å². The van der Waals surface area contributed by atoms with Crippen LogP contribution in [0.1, 0.15) is 28.4 Å². The number of aryl methyl sites for hydroxylation is 1. The SMILES string of the molecule is COc1ccc([C@H]2C(C#N)=C(N)Oc3cc(C)oc(=O)c32)cc1CSc1ccccn1. The summed E-state index contributed by atoms with van der Waals surface area (Å²) < 4.78 is 16.4. The Balaban J connectivity index is 1.80. The van der Waals surface area contributed by atoms with Gasteiger partial charge < -0.3 is 19.6 Å². The number of benzene rings is 1. The first-order valence-electron chi connectivity index (χ1n) is 9.44. The topological polar surface area (TPSA) is 111 Å². The lowest BCUT2D eigenvalue weighted by Gasteiger charge is -2.25. The maximum Gasteiger partial charge on any atom is 0.343 e. The van der Waals surface area contributed by atoms with Gasteiger partial charge in [0.25, 0.3) is 0 Å². The Kier molecular flexibility index (Phi) is 5.69. The largest absolute Gasteiger partial charge is 0.496 e. The molecule has 0 amide bonds. The fourth-order valence-corrected chi connectivity index (χ4v) is 4.37. The van der Waals surface area contributed by atoms with E-state index in [4.69, 9.17) is 19.6 Å². The van der Waals surface area contributed by atoms with Crippen molar-refractivity contribution >= 4 is 11.8 Å². The van der Waals surface area contributed by atoms with Crippen LogP contribution in [0.5, 0.6) is 11.5 Å². The molecule has 1 aliphatic heterocycles. The number of hydrogen-bond acceptors (Lipinski definition) is 8. The Morgan fingerprint density at radius 1 is 1.29 bits per heavy atom. The quantitative estimate of drug-likeness (QED) is 0.604. The third-order valence-corrected chi connectivity index (χ3v) is 5.90. The number of ether oxygens (including phenoxy) is 2. The molecule has 4 rings (SSSR count). The van der Waals surface area contributed by atoms with Gasteiger partial charge >= 0.3 is 5.63 Å². The zero-order valence-corrected chi connectivity index (χ0v) is 17.7. The van der Waals surface area contributed by atoms with E-state index in [1.165, 1.54) is 0 Å². The van der Waals surface area contributed by atoms with Gasteiger partial charge in [0.15, 0.2) is 0 Å². The number of nitriles is 1. The fraction of sp³-hybridized carbons (Fsp3) is 0.174. The van der Waals surface area contributed by atoms with Crippen molar-refractivity contribution in [3.63, 3.8) is 0 Å². The van der Waals surface area contributed by atoms with E-state index >= 15 is 0 Å². The molecule has 0 aliphatic carbocycles. The summed E-state index contributed by atoms with van der Waals surface area (Å²) in [7, 11) is 1.60. The number of fused-ring (bicyclic) bond motifs is 1. The molecule has 8 heteroatoms. The number of nitrogens with two attached hydrogens (primary N) is 1. The van der Waals surface area contributed by atoms with E-state index in [0.29, 0.717) is 23.0 Å². The second kappa shape index (κ2) is 8.58. The Morgan fingerprint density at radius 3 is 2.84 bits per heavy atom. The minimum absolute atomic E-state index is 0.0229. The first-order chi connectivity index (χ1) is 15.0. The number of nitrogens with zero attached hydrogens (tertiary/aromatic N) is 2. The van der Waals surface area contributed by atoms with Crippen molar-refractivity contribution in [1.82, 2.24) is 4.98 Å². The molecule has 0 fully saturated rings. The van der Waals surface area contributed by atoms with Crippen LogP contribution in [0.15, 0.2) is 74.4 Å². The first kappa shape index (κ1) is 20.6. The van der Waals surface area contributed by atoms with E-state index in [0.717, 1.165) is 16.2 Å². The van der Waals surface area contributed by atoms with E-state index < -0.39 is 11.5 Å². The summed E-state index contributed by atoms with van der Waals surface area (Å²) in [5, 5.41) is 10.6. The Labute approximate surface area is 183 Å². The summed E-state index contributed by atoms with van der Waals surface area (Å²) in [6, 6.07) is 15.0. The van der Waals surface area contributed by atoms with Crippen molar-refractivity contribution in [2.45, 2.75) is 23.6 Å². The summed E-state index contributed by atoms with van der Waals surface area (Å²) in [5.41, 5.74) is 7.51. The molecule has 1 aromatic carbocycles. The lowest BCUT2D eigenvalue weighted by molar-refractivity contribution is 0.371. The molecular formula is C23H19N3O4S. The monoisotopic (exact) mass is 433 g/mol. The maximum atomic E-state index is 12.7. The van der Waals surface area contributed by atoms with Gasteiger partial charge in [0.1, 0.15) is 28.9 Å². The molecule has 1 atom stereocenters. The molecule has 7 nitrogen and oxygen atoms in total. The number of pyridine rings is 1. The zero-order chi connectivity index (χ0) is 22.0. The van der Waals surface area contributed by atoms with Crippen LogP contribution >= 0.6 is 11.8 Å². The molecule has 1 aliphatic rings.